The van der Waals surface area contributed by atoms with Gasteiger partial charge in [-0.25, -0.2) is 18.0 Å². The second-order valence-corrected chi connectivity index (χ2v) is 5.39. The number of carbonyl (C=O) groups is 1. The van der Waals surface area contributed by atoms with Gasteiger partial charge in [0.2, 0.25) is 11.2 Å². The fraction of sp³-hybridized carbons (Fsp3) is 0.375. The molecule has 0 N–H and O–H groups in total. The molecule has 0 aliphatic carbocycles. The van der Waals surface area contributed by atoms with E-state index in [9.17, 15) is 27.2 Å². The van der Waals surface area contributed by atoms with Gasteiger partial charge in [0.1, 0.15) is 5.56 Å². The van der Waals surface area contributed by atoms with E-state index < -0.39 is 52.2 Å². The molecule has 0 aliphatic rings. The highest BCUT2D eigenvalue weighted by atomic mass is 19.3. The number of ether oxygens (including phenoxy) is 2. The minimum Gasteiger partial charge on any atom is -0.491 e. The third-order valence-electron chi connectivity index (χ3n) is 3.36. The summed E-state index contributed by atoms with van der Waals surface area (Å²) in [4.78, 5) is 24.4. The number of halogens is 4. The molecule has 0 bridgehead atoms. The number of methoxy groups -OCH3 is 1. The van der Waals surface area contributed by atoms with Gasteiger partial charge in [-0.1, -0.05) is 0 Å². The molecule has 2 aromatic rings. The molecule has 1 aromatic heterocycles. The summed E-state index contributed by atoms with van der Waals surface area (Å²) in [5, 5.41) is -0.467. The van der Waals surface area contributed by atoms with Gasteiger partial charge in [0.15, 0.2) is 11.6 Å². The molecule has 25 heavy (non-hydrogen) atoms. The molecule has 0 atom stereocenters. The van der Waals surface area contributed by atoms with Crippen molar-refractivity contribution < 1.29 is 31.8 Å². The number of hydrogen-bond acceptors (Lipinski definition) is 4. The van der Waals surface area contributed by atoms with Gasteiger partial charge in [-0.15, -0.1) is 0 Å². The van der Waals surface area contributed by atoms with E-state index in [1.165, 1.54) is 6.92 Å². The first-order chi connectivity index (χ1) is 11.6. The molecule has 0 aliphatic heterocycles. The highest BCUT2D eigenvalue weighted by molar-refractivity contribution is 5.95. The fourth-order valence-corrected chi connectivity index (χ4v) is 2.44. The van der Waals surface area contributed by atoms with Crippen LogP contribution in [0.15, 0.2) is 17.1 Å². The highest BCUT2D eigenvalue weighted by Crippen LogP contribution is 2.31. The second kappa shape index (κ2) is 6.73. The first-order valence-corrected chi connectivity index (χ1v) is 7.24. The molecule has 0 radical (unpaired) electrons. The Labute approximate surface area is 139 Å². The van der Waals surface area contributed by atoms with Crippen LogP contribution in [0.5, 0.6) is 5.75 Å². The van der Waals surface area contributed by atoms with Crippen LogP contribution in [0.2, 0.25) is 0 Å². The van der Waals surface area contributed by atoms with Crippen LogP contribution in [-0.2, 0) is 11.3 Å². The van der Waals surface area contributed by atoms with Gasteiger partial charge in [0.05, 0.1) is 31.2 Å². The number of pyridine rings is 1. The lowest BCUT2D eigenvalue weighted by Crippen LogP contribution is -2.26. The molecule has 0 fully saturated rings. The summed E-state index contributed by atoms with van der Waals surface area (Å²) in [5.74, 6) is -7.84. The first-order valence-electron chi connectivity index (χ1n) is 7.24. The molecule has 0 spiro atoms. The van der Waals surface area contributed by atoms with E-state index in [0.717, 1.165) is 17.9 Å². The van der Waals surface area contributed by atoms with E-state index in [4.69, 9.17) is 9.47 Å². The molecule has 136 valence electrons. The number of benzene rings is 1. The lowest BCUT2D eigenvalue weighted by Gasteiger charge is -2.19. The number of carbonyl (C=O) groups excluding carboxylic acids is 1. The van der Waals surface area contributed by atoms with Crippen LogP contribution in [0.1, 0.15) is 24.2 Å². The van der Waals surface area contributed by atoms with Crippen LogP contribution in [0, 0.1) is 11.6 Å². The summed E-state index contributed by atoms with van der Waals surface area (Å²) in [6.07, 6.45) is 0.833. The molecule has 5 nitrogen and oxygen atoms in total. The zero-order valence-electron chi connectivity index (χ0n) is 13.7. The summed E-state index contributed by atoms with van der Waals surface area (Å²) >= 11 is 0. The second-order valence-electron chi connectivity index (χ2n) is 5.39. The van der Waals surface area contributed by atoms with Gasteiger partial charge in [-0.3, -0.25) is 4.79 Å². The Morgan fingerprint density at radius 3 is 2.48 bits per heavy atom. The molecular formula is C16H15F4NO4. The molecular weight excluding hydrogens is 346 g/mol. The van der Waals surface area contributed by atoms with Crippen molar-refractivity contribution in [2.45, 2.75) is 26.3 Å². The monoisotopic (exact) mass is 361 g/mol. The smallest absolute Gasteiger partial charge is 0.343 e. The standard InChI is InChI=1S/C16H15F4NO4/c1-4-25-15(23)9-6-21(7-16(2,19)20)12-8(13(9)22)5-10(17)11(18)14(12)24-3/h5-6H,4,7H2,1-3H3. The summed E-state index contributed by atoms with van der Waals surface area (Å²) in [7, 11) is 1.01. The molecule has 0 saturated carbocycles. The van der Waals surface area contributed by atoms with Crippen molar-refractivity contribution in [1.82, 2.24) is 4.57 Å². The largest absolute Gasteiger partial charge is 0.491 e. The Morgan fingerprint density at radius 2 is 1.96 bits per heavy atom. The van der Waals surface area contributed by atoms with E-state index in [2.05, 4.69) is 0 Å². The summed E-state index contributed by atoms with van der Waals surface area (Å²) in [6.45, 7) is 1.06. The van der Waals surface area contributed by atoms with E-state index in [0.29, 0.717) is 13.0 Å². The molecule has 9 heteroatoms. The quantitative estimate of drug-likeness (QED) is 0.607. The number of hydrogen-bond donors (Lipinski definition) is 0. The van der Waals surface area contributed by atoms with Crippen LogP contribution < -0.4 is 10.2 Å². The van der Waals surface area contributed by atoms with Crippen LogP contribution in [0.4, 0.5) is 17.6 Å². The predicted molar refractivity (Wildman–Crippen MR) is 81.3 cm³/mol. The van der Waals surface area contributed by atoms with Crippen LogP contribution in [0.25, 0.3) is 10.9 Å². The third kappa shape index (κ3) is 3.59. The number of nitrogens with zero attached hydrogens (tertiary/aromatic N) is 1. The van der Waals surface area contributed by atoms with Crippen molar-refractivity contribution in [1.29, 1.82) is 0 Å². The Morgan fingerprint density at radius 1 is 1.32 bits per heavy atom. The topological polar surface area (TPSA) is 57.5 Å². The Balaban J connectivity index is 2.94. The zero-order chi connectivity index (χ0) is 18.9. The van der Waals surface area contributed by atoms with E-state index in [1.54, 1.807) is 0 Å². The first kappa shape index (κ1) is 18.8. The fourth-order valence-electron chi connectivity index (χ4n) is 2.44. The van der Waals surface area contributed by atoms with Crippen molar-refractivity contribution in [3.05, 3.63) is 39.7 Å². The normalized spacial score (nSPS) is 11.6. The van der Waals surface area contributed by atoms with Crippen molar-refractivity contribution in [3.8, 4) is 5.75 Å². The highest BCUT2D eigenvalue weighted by Gasteiger charge is 2.28. The average Bonchev–Trinajstić information content (AvgIpc) is 2.50. The third-order valence-corrected chi connectivity index (χ3v) is 3.36. The molecule has 2 rings (SSSR count). The lowest BCUT2D eigenvalue weighted by molar-refractivity contribution is 0.00465. The van der Waals surface area contributed by atoms with Gasteiger partial charge >= 0.3 is 5.97 Å². The number of esters is 1. The van der Waals surface area contributed by atoms with Gasteiger partial charge in [0, 0.05) is 13.1 Å². The molecule has 0 amide bonds. The number of fused-ring (bicyclic) bond motifs is 1. The molecule has 1 heterocycles. The van der Waals surface area contributed by atoms with Crippen molar-refractivity contribution in [2.75, 3.05) is 13.7 Å². The number of rotatable bonds is 5. The summed E-state index contributed by atoms with van der Waals surface area (Å²) in [6, 6.07) is 0.544. The van der Waals surface area contributed by atoms with Crippen molar-refractivity contribution in [3.63, 3.8) is 0 Å². The van der Waals surface area contributed by atoms with E-state index in [-0.39, 0.29) is 12.1 Å². The molecule has 0 saturated heterocycles. The summed E-state index contributed by atoms with van der Waals surface area (Å²) in [5.41, 5.74) is -1.91. The minimum absolute atomic E-state index is 0.0542. The Bertz CT molecular complexity index is 887. The molecule has 0 unspecified atom stereocenters. The van der Waals surface area contributed by atoms with E-state index in [1.807, 2.05) is 0 Å². The minimum atomic E-state index is -3.26. The van der Waals surface area contributed by atoms with Gasteiger partial charge in [0.25, 0.3) is 5.92 Å². The maximum Gasteiger partial charge on any atom is 0.343 e. The Hall–Kier alpha value is -2.58. The maximum atomic E-state index is 14.0. The van der Waals surface area contributed by atoms with Gasteiger partial charge in [-0.2, -0.15) is 4.39 Å². The van der Waals surface area contributed by atoms with Crippen LogP contribution in [-0.4, -0.2) is 30.2 Å². The predicted octanol–water partition coefficient (Wildman–Crippen LogP) is 3.12. The van der Waals surface area contributed by atoms with Gasteiger partial charge < -0.3 is 14.0 Å². The zero-order valence-corrected chi connectivity index (χ0v) is 13.7. The molecule has 1 aromatic carbocycles. The maximum absolute atomic E-state index is 14.0. The number of aromatic nitrogens is 1. The van der Waals surface area contributed by atoms with Crippen molar-refractivity contribution in [2.24, 2.45) is 0 Å². The summed E-state index contributed by atoms with van der Waals surface area (Å²) < 4.78 is 65.0. The van der Waals surface area contributed by atoms with E-state index >= 15 is 0 Å². The number of alkyl halides is 2. The average molecular weight is 361 g/mol. The van der Waals surface area contributed by atoms with Crippen LogP contribution in [0.3, 0.4) is 0 Å². The SMILES string of the molecule is CCOC(=O)c1cn(CC(C)(F)F)c2c(OC)c(F)c(F)cc2c1=O. The Kier molecular flexibility index (Phi) is 5.05. The lowest BCUT2D eigenvalue weighted by atomic mass is 10.1. The van der Waals surface area contributed by atoms with Gasteiger partial charge in [-0.05, 0) is 13.0 Å². The van der Waals surface area contributed by atoms with Crippen molar-refractivity contribution >= 4 is 16.9 Å². The van der Waals surface area contributed by atoms with Crippen LogP contribution >= 0.6 is 0 Å².